The Labute approximate surface area is 245 Å². The fourth-order valence-corrected chi connectivity index (χ4v) is 5.88. The molecule has 0 saturated carbocycles. The van der Waals surface area contributed by atoms with Crippen molar-refractivity contribution in [2.75, 3.05) is 37.4 Å². The maximum atomic E-state index is 13.4. The van der Waals surface area contributed by atoms with Gasteiger partial charge in [-0.3, -0.25) is 4.79 Å². The first-order chi connectivity index (χ1) is 20.0. The molecule has 0 aliphatic carbocycles. The van der Waals surface area contributed by atoms with Crippen molar-refractivity contribution in [1.82, 2.24) is 9.21 Å². The van der Waals surface area contributed by atoms with Crippen molar-refractivity contribution in [3.05, 3.63) is 84.2 Å². The van der Waals surface area contributed by atoms with Crippen molar-refractivity contribution in [3.8, 4) is 5.75 Å². The Balaban J connectivity index is 1.61. The lowest BCUT2D eigenvalue weighted by atomic mass is 10.0. The van der Waals surface area contributed by atoms with Crippen LogP contribution in [0.5, 0.6) is 5.75 Å². The number of aliphatic hydroxyl groups excluding tert-OH is 1. The molecule has 10 nitrogen and oxygen atoms in total. The van der Waals surface area contributed by atoms with Crippen molar-refractivity contribution in [1.29, 1.82) is 0 Å². The zero-order valence-corrected chi connectivity index (χ0v) is 24.5. The molecule has 3 aromatic carbocycles. The average molecular weight is 599 g/mol. The lowest BCUT2D eigenvalue weighted by Gasteiger charge is -2.33. The Kier molecular flexibility index (Phi) is 9.81. The van der Waals surface area contributed by atoms with Gasteiger partial charge in [0.1, 0.15) is 17.7 Å². The first-order valence-electron chi connectivity index (χ1n) is 13.5. The van der Waals surface area contributed by atoms with Crippen LogP contribution in [0, 0.1) is 11.7 Å². The third kappa shape index (κ3) is 7.44. The average Bonchev–Trinajstić information content (AvgIpc) is 3.01. The summed E-state index contributed by atoms with van der Waals surface area (Å²) in [5.41, 5.74) is 1.27. The summed E-state index contributed by atoms with van der Waals surface area (Å²) in [6, 6.07) is 17.2. The van der Waals surface area contributed by atoms with Crippen LogP contribution in [0.4, 0.5) is 20.6 Å². The number of amides is 3. The van der Waals surface area contributed by atoms with Crippen molar-refractivity contribution in [2.45, 2.75) is 37.3 Å². The second-order valence-corrected chi connectivity index (χ2v) is 12.4. The number of halogens is 1. The van der Waals surface area contributed by atoms with Gasteiger partial charge in [-0.25, -0.2) is 17.6 Å². The number of carbonyl (C=O) groups excluding carboxylic acids is 2. The fourth-order valence-electron chi connectivity index (χ4n) is 4.68. The normalized spacial score (nSPS) is 18.2. The Bertz CT molecular complexity index is 1500. The van der Waals surface area contributed by atoms with E-state index in [1.165, 1.54) is 47.8 Å². The maximum Gasteiger partial charge on any atom is 0.323 e. The van der Waals surface area contributed by atoms with E-state index in [4.69, 9.17) is 4.74 Å². The molecule has 42 heavy (non-hydrogen) atoms. The second-order valence-electron chi connectivity index (χ2n) is 10.4. The smallest absolute Gasteiger partial charge is 0.323 e. The number of likely N-dealkylation sites (N-methyl/N-ethyl adjacent to an activating group) is 1. The van der Waals surface area contributed by atoms with Gasteiger partial charge in [-0.2, -0.15) is 4.31 Å². The number of nitrogens with zero attached hydrogens (tertiary/aromatic N) is 2. The van der Waals surface area contributed by atoms with E-state index in [9.17, 15) is 27.5 Å². The molecular weight excluding hydrogens is 563 g/mol. The molecule has 1 aliphatic rings. The summed E-state index contributed by atoms with van der Waals surface area (Å²) in [6.07, 6.45) is -0.709. The number of anilines is 2. The number of ether oxygens (including phenoxy) is 1. The number of hydrogen-bond donors (Lipinski definition) is 3. The van der Waals surface area contributed by atoms with Gasteiger partial charge in [0, 0.05) is 36.4 Å². The molecule has 12 heteroatoms. The predicted octanol–water partition coefficient (Wildman–Crippen LogP) is 3.94. The summed E-state index contributed by atoms with van der Waals surface area (Å²) >= 11 is 0. The Morgan fingerprint density at radius 3 is 2.40 bits per heavy atom. The third-order valence-corrected chi connectivity index (χ3v) is 9.00. The van der Waals surface area contributed by atoms with E-state index in [1.54, 1.807) is 48.2 Å². The molecule has 224 valence electrons. The minimum atomic E-state index is -3.81. The monoisotopic (exact) mass is 598 g/mol. The molecule has 1 aliphatic heterocycles. The fraction of sp³-hybridized carbons (Fsp3) is 0.333. The quantitative estimate of drug-likeness (QED) is 0.361. The van der Waals surface area contributed by atoms with Crippen molar-refractivity contribution >= 4 is 33.3 Å². The highest BCUT2D eigenvalue weighted by Crippen LogP contribution is 2.30. The third-order valence-electron chi connectivity index (χ3n) is 7.16. The maximum absolute atomic E-state index is 13.4. The highest BCUT2D eigenvalue weighted by Gasteiger charge is 2.33. The molecule has 0 spiro atoms. The first kappa shape index (κ1) is 30.9. The molecule has 0 bridgehead atoms. The summed E-state index contributed by atoms with van der Waals surface area (Å²) in [4.78, 5) is 27.7. The largest absolute Gasteiger partial charge is 0.488 e. The van der Waals surface area contributed by atoms with Crippen LogP contribution in [0.2, 0.25) is 0 Å². The molecule has 0 radical (unpaired) electrons. The molecule has 0 fully saturated rings. The first-order valence-corrected chi connectivity index (χ1v) is 15.0. The van der Waals surface area contributed by atoms with E-state index < -0.39 is 34.0 Å². The van der Waals surface area contributed by atoms with Crippen molar-refractivity contribution < 1.29 is 32.2 Å². The highest BCUT2D eigenvalue weighted by atomic mass is 32.2. The molecule has 3 atom stereocenters. The van der Waals surface area contributed by atoms with E-state index in [0.717, 1.165) is 0 Å². The van der Waals surface area contributed by atoms with Gasteiger partial charge in [0.05, 0.1) is 30.5 Å². The minimum Gasteiger partial charge on any atom is -0.488 e. The molecular formula is C30H35FN4O6S. The number of benzene rings is 3. The molecule has 0 unspecified atom stereocenters. The van der Waals surface area contributed by atoms with E-state index in [0.29, 0.717) is 22.7 Å². The van der Waals surface area contributed by atoms with Gasteiger partial charge >= 0.3 is 6.03 Å². The number of fused-ring (bicyclic) bond motifs is 1. The minimum absolute atomic E-state index is 0.00739. The SMILES string of the molecule is C[C@@H]1CN([C@@H](C)CO)C(=O)Cc2cc(NC(=O)Nc3ccc(F)cc3)ccc2O[C@@H]1CN(C)S(=O)(=O)c1ccccc1. The summed E-state index contributed by atoms with van der Waals surface area (Å²) in [6.45, 7) is 3.61. The van der Waals surface area contributed by atoms with Gasteiger partial charge in [0.25, 0.3) is 0 Å². The van der Waals surface area contributed by atoms with Gasteiger partial charge in [0.15, 0.2) is 0 Å². The molecule has 3 N–H and O–H groups in total. The number of aliphatic hydroxyl groups is 1. The number of nitrogens with one attached hydrogen (secondary N) is 2. The summed E-state index contributed by atoms with van der Waals surface area (Å²) in [7, 11) is -2.32. The number of carbonyl (C=O) groups is 2. The molecule has 1 heterocycles. The van der Waals surface area contributed by atoms with E-state index in [1.807, 2.05) is 6.92 Å². The van der Waals surface area contributed by atoms with Crippen LogP contribution in [0.25, 0.3) is 0 Å². The number of sulfonamides is 1. The Hall–Kier alpha value is -4.00. The Morgan fingerprint density at radius 2 is 1.74 bits per heavy atom. The lowest BCUT2D eigenvalue weighted by molar-refractivity contribution is -0.134. The summed E-state index contributed by atoms with van der Waals surface area (Å²) in [5.74, 6) is -0.591. The van der Waals surface area contributed by atoms with Crippen molar-refractivity contribution in [2.24, 2.45) is 5.92 Å². The summed E-state index contributed by atoms with van der Waals surface area (Å²) < 4.78 is 47.3. The zero-order chi connectivity index (χ0) is 30.4. The van der Waals surface area contributed by atoms with Gasteiger partial charge < -0.3 is 25.4 Å². The van der Waals surface area contributed by atoms with Gasteiger partial charge in [0.2, 0.25) is 15.9 Å². The molecule has 4 rings (SSSR count). The standard InChI is InChI=1S/C30H35FN4O6S/c1-20-17-35(21(2)19-36)29(37)16-22-15-25(33-30(38)32-24-11-9-23(31)10-12-24)13-14-27(22)41-28(20)18-34(3)42(39,40)26-7-5-4-6-8-26/h4-15,20-21,28,36H,16-19H2,1-3H3,(H2,32,33,38)/t20-,21+,28-/m1/s1. The molecule has 3 amide bonds. The van der Waals surface area contributed by atoms with Crippen LogP contribution in [0.15, 0.2) is 77.7 Å². The number of hydrogen-bond acceptors (Lipinski definition) is 6. The number of urea groups is 1. The predicted molar refractivity (Wildman–Crippen MR) is 157 cm³/mol. The topological polar surface area (TPSA) is 128 Å². The van der Waals surface area contributed by atoms with Crippen molar-refractivity contribution in [3.63, 3.8) is 0 Å². The number of rotatable bonds is 8. The van der Waals surface area contributed by atoms with Gasteiger partial charge in [-0.1, -0.05) is 25.1 Å². The molecule has 0 aromatic heterocycles. The van der Waals surface area contributed by atoms with Crippen LogP contribution < -0.4 is 15.4 Å². The van der Waals surface area contributed by atoms with Crippen LogP contribution in [-0.4, -0.2) is 73.6 Å². The van der Waals surface area contributed by atoms with Gasteiger partial charge in [-0.05, 0) is 61.5 Å². The van der Waals surface area contributed by atoms with Crippen LogP contribution >= 0.6 is 0 Å². The lowest BCUT2D eigenvalue weighted by Crippen LogP contribution is -2.48. The highest BCUT2D eigenvalue weighted by molar-refractivity contribution is 7.89. The second kappa shape index (κ2) is 13.3. The van der Waals surface area contributed by atoms with Crippen LogP contribution in [0.1, 0.15) is 19.4 Å². The molecule has 3 aromatic rings. The van der Waals surface area contributed by atoms with Crippen LogP contribution in [0.3, 0.4) is 0 Å². The zero-order valence-electron chi connectivity index (χ0n) is 23.7. The Morgan fingerprint density at radius 1 is 1.10 bits per heavy atom. The van der Waals surface area contributed by atoms with Crippen LogP contribution in [-0.2, 0) is 21.2 Å². The summed E-state index contributed by atoms with van der Waals surface area (Å²) in [5, 5.41) is 15.2. The van der Waals surface area contributed by atoms with E-state index in [-0.39, 0.29) is 42.8 Å². The van der Waals surface area contributed by atoms with Gasteiger partial charge in [-0.15, -0.1) is 0 Å². The van der Waals surface area contributed by atoms with E-state index >= 15 is 0 Å². The molecule has 0 saturated heterocycles. The van der Waals surface area contributed by atoms with E-state index in [2.05, 4.69) is 10.6 Å².